The van der Waals surface area contributed by atoms with Crippen molar-refractivity contribution in [2.24, 2.45) is 11.8 Å². The lowest BCUT2D eigenvalue weighted by molar-refractivity contribution is 0.471. The fourth-order valence-corrected chi connectivity index (χ4v) is 4.08. The number of nitrogens with zero attached hydrogens (tertiary/aromatic N) is 2. The third-order valence-corrected chi connectivity index (χ3v) is 5.70. The zero-order valence-electron chi connectivity index (χ0n) is 12.5. The molecule has 1 heterocycles. The van der Waals surface area contributed by atoms with E-state index < -0.39 is 10.0 Å². The van der Waals surface area contributed by atoms with E-state index in [0.717, 1.165) is 45.2 Å². The van der Waals surface area contributed by atoms with E-state index in [4.69, 9.17) is 0 Å². The number of hydrogen-bond acceptors (Lipinski definition) is 4. The molecule has 3 rings (SSSR count). The van der Waals surface area contributed by atoms with Crippen molar-refractivity contribution < 1.29 is 8.42 Å². The van der Waals surface area contributed by atoms with Gasteiger partial charge in [0.25, 0.3) is 0 Å². The van der Waals surface area contributed by atoms with Gasteiger partial charge in [-0.05, 0) is 57.5 Å². The minimum absolute atomic E-state index is 0.141. The van der Waals surface area contributed by atoms with Gasteiger partial charge in [0.05, 0.1) is 6.20 Å². The van der Waals surface area contributed by atoms with Crippen molar-refractivity contribution in [3.63, 3.8) is 0 Å². The third-order valence-electron chi connectivity index (χ3n) is 4.28. The number of sulfonamides is 1. The van der Waals surface area contributed by atoms with Crippen molar-refractivity contribution in [2.75, 3.05) is 13.6 Å². The highest BCUT2D eigenvalue weighted by molar-refractivity contribution is 7.89. The Balaban J connectivity index is 1.63. The largest absolute Gasteiger partial charge is 0.320 e. The summed E-state index contributed by atoms with van der Waals surface area (Å²) >= 11 is 0. The number of nitrogens with one attached hydrogen (secondary N) is 2. The Morgan fingerprint density at radius 3 is 2.57 bits per heavy atom. The van der Waals surface area contributed by atoms with Crippen LogP contribution in [0.2, 0.25) is 0 Å². The molecule has 0 spiro atoms. The summed E-state index contributed by atoms with van der Waals surface area (Å²) in [4.78, 5) is 0.290. The molecule has 0 radical (unpaired) electrons. The van der Waals surface area contributed by atoms with E-state index in [9.17, 15) is 8.42 Å². The smallest absolute Gasteiger partial charge is 0.243 e. The van der Waals surface area contributed by atoms with E-state index in [0.29, 0.717) is 16.7 Å². The average molecular weight is 312 g/mol. The minimum atomic E-state index is -3.43. The quantitative estimate of drug-likeness (QED) is 0.666. The Kier molecular flexibility index (Phi) is 4.33. The molecular weight excluding hydrogens is 288 g/mol. The van der Waals surface area contributed by atoms with Crippen molar-refractivity contribution in [1.29, 1.82) is 0 Å². The molecule has 2 fully saturated rings. The lowest BCUT2D eigenvalue weighted by Crippen LogP contribution is -2.37. The van der Waals surface area contributed by atoms with Gasteiger partial charge in [-0.15, -0.1) is 0 Å². The molecular formula is C14H24N4O2S. The summed E-state index contributed by atoms with van der Waals surface area (Å²) in [6.07, 6.45) is 8.66. The number of aromatic nitrogens is 2. The van der Waals surface area contributed by atoms with Crippen LogP contribution in [0, 0.1) is 11.8 Å². The van der Waals surface area contributed by atoms with E-state index >= 15 is 0 Å². The van der Waals surface area contributed by atoms with Crippen LogP contribution in [0.15, 0.2) is 17.3 Å². The summed E-state index contributed by atoms with van der Waals surface area (Å²) in [7, 11) is -1.53. The summed E-state index contributed by atoms with van der Waals surface area (Å²) in [5, 5.41) is 7.22. The molecule has 0 aliphatic heterocycles. The van der Waals surface area contributed by atoms with Crippen LogP contribution >= 0.6 is 0 Å². The van der Waals surface area contributed by atoms with Gasteiger partial charge >= 0.3 is 0 Å². The molecule has 21 heavy (non-hydrogen) atoms. The molecule has 0 atom stereocenters. The zero-order chi connectivity index (χ0) is 14.9. The number of rotatable bonds is 9. The van der Waals surface area contributed by atoms with Crippen molar-refractivity contribution >= 4 is 10.0 Å². The van der Waals surface area contributed by atoms with Gasteiger partial charge in [0.2, 0.25) is 10.0 Å². The normalized spacial score (nSPS) is 19.3. The van der Waals surface area contributed by atoms with Crippen LogP contribution in [-0.2, 0) is 16.6 Å². The Morgan fingerprint density at radius 2 is 2.00 bits per heavy atom. The first kappa shape index (κ1) is 15.0. The Labute approximate surface area is 126 Å². The van der Waals surface area contributed by atoms with Crippen molar-refractivity contribution in [2.45, 2.75) is 49.6 Å². The van der Waals surface area contributed by atoms with Gasteiger partial charge in [0.1, 0.15) is 4.90 Å². The highest BCUT2D eigenvalue weighted by Crippen LogP contribution is 2.45. The van der Waals surface area contributed by atoms with Crippen LogP contribution in [0.4, 0.5) is 0 Å². The van der Waals surface area contributed by atoms with Gasteiger partial charge in [0, 0.05) is 18.8 Å². The molecule has 6 nitrogen and oxygen atoms in total. The molecule has 2 aliphatic carbocycles. The first-order valence-electron chi connectivity index (χ1n) is 7.79. The molecule has 2 saturated carbocycles. The second-order valence-electron chi connectivity index (χ2n) is 6.22. The second kappa shape index (κ2) is 6.06. The Bertz CT molecular complexity index is 564. The number of aryl methyl sites for hydroxylation is 1. The highest BCUT2D eigenvalue weighted by atomic mass is 32.2. The molecule has 1 aromatic heterocycles. The van der Waals surface area contributed by atoms with Crippen molar-refractivity contribution in [3.05, 3.63) is 12.4 Å². The van der Waals surface area contributed by atoms with Crippen LogP contribution in [0.25, 0.3) is 0 Å². The van der Waals surface area contributed by atoms with Crippen LogP contribution < -0.4 is 10.0 Å². The van der Waals surface area contributed by atoms with Gasteiger partial charge in [-0.25, -0.2) is 13.1 Å². The first-order chi connectivity index (χ1) is 10.1. The fraction of sp³-hybridized carbons (Fsp3) is 0.786. The molecule has 2 aliphatic rings. The summed E-state index contributed by atoms with van der Waals surface area (Å²) in [5.74, 6) is 1.11. The van der Waals surface area contributed by atoms with Crippen molar-refractivity contribution in [3.8, 4) is 0 Å². The van der Waals surface area contributed by atoms with Crippen LogP contribution in [0.3, 0.4) is 0 Å². The van der Waals surface area contributed by atoms with Crippen LogP contribution in [-0.4, -0.2) is 37.8 Å². The summed E-state index contributed by atoms with van der Waals surface area (Å²) in [6, 6.07) is 0.141. The Morgan fingerprint density at radius 1 is 1.33 bits per heavy atom. The highest BCUT2D eigenvalue weighted by Gasteiger charge is 2.43. The molecule has 0 aromatic carbocycles. The maximum Gasteiger partial charge on any atom is 0.243 e. The lowest BCUT2D eigenvalue weighted by atomic mass is 10.1. The topological polar surface area (TPSA) is 76.0 Å². The summed E-state index contributed by atoms with van der Waals surface area (Å²) < 4.78 is 29.6. The van der Waals surface area contributed by atoms with Gasteiger partial charge in [-0.1, -0.05) is 0 Å². The van der Waals surface area contributed by atoms with E-state index in [2.05, 4.69) is 15.1 Å². The Hall–Kier alpha value is -0.920. The van der Waals surface area contributed by atoms with E-state index in [1.807, 2.05) is 7.05 Å². The van der Waals surface area contributed by atoms with Crippen molar-refractivity contribution in [1.82, 2.24) is 19.8 Å². The van der Waals surface area contributed by atoms with E-state index in [-0.39, 0.29) is 6.04 Å². The first-order valence-corrected chi connectivity index (χ1v) is 9.28. The molecule has 118 valence electrons. The summed E-state index contributed by atoms with van der Waals surface area (Å²) in [5.41, 5.74) is 0. The zero-order valence-corrected chi connectivity index (χ0v) is 13.3. The maximum absolute atomic E-state index is 12.5. The predicted octanol–water partition coefficient (Wildman–Crippen LogP) is 0.960. The molecule has 0 amide bonds. The summed E-state index contributed by atoms with van der Waals surface area (Å²) in [6.45, 7) is 1.62. The van der Waals surface area contributed by atoms with E-state index in [1.165, 1.54) is 6.20 Å². The SMILES string of the molecule is CNCCCn1cc(S(=O)(=O)NC(C2CC2)C2CC2)cn1. The van der Waals surface area contributed by atoms with Gasteiger partial charge < -0.3 is 5.32 Å². The van der Waals surface area contributed by atoms with Gasteiger partial charge in [0.15, 0.2) is 0 Å². The molecule has 0 saturated heterocycles. The van der Waals surface area contributed by atoms with Gasteiger partial charge in [-0.2, -0.15) is 5.10 Å². The van der Waals surface area contributed by atoms with Gasteiger partial charge in [-0.3, -0.25) is 4.68 Å². The second-order valence-corrected chi connectivity index (χ2v) is 7.93. The average Bonchev–Trinajstić information content (AvgIpc) is 3.36. The predicted molar refractivity (Wildman–Crippen MR) is 80.3 cm³/mol. The third kappa shape index (κ3) is 3.84. The molecule has 1 aromatic rings. The molecule has 7 heteroatoms. The molecule has 0 unspecified atom stereocenters. The van der Waals surface area contributed by atoms with Crippen LogP contribution in [0.5, 0.6) is 0 Å². The lowest BCUT2D eigenvalue weighted by Gasteiger charge is -2.16. The van der Waals surface area contributed by atoms with Crippen LogP contribution in [0.1, 0.15) is 32.1 Å². The molecule has 0 bridgehead atoms. The van der Waals surface area contributed by atoms with E-state index in [1.54, 1.807) is 10.9 Å². The maximum atomic E-state index is 12.5. The molecule has 2 N–H and O–H groups in total. The minimum Gasteiger partial charge on any atom is -0.320 e. The monoisotopic (exact) mass is 312 g/mol. The standard InChI is InChI=1S/C14H24N4O2S/c1-15-7-2-8-18-10-13(9-16-18)21(19,20)17-14(11-3-4-11)12-5-6-12/h9-12,14-15,17H,2-8H2,1H3. The number of hydrogen-bond donors (Lipinski definition) is 2. The fourth-order valence-electron chi connectivity index (χ4n) is 2.76.